The highest BCUT2D eigenvalue weighted by atomic mass is 32.2. The first kappa shape index (κ1) is 15.3. The number of thioether (sulfide) groups is 1. The molecule has 0 aliphatic carbocycles. The highest BCUT2D eigenvalue weighted by Gasteiger charge is 2.40. The van der Waals surface area contributed by atoms with E-state index >= 15 is 0 Å². The van der Waals surface area contributed by atoms with E-state index in [-0.39, 0.29) is 5.91 Å². The highest BCUT2D eigenvalue weighted by Crippen LogP contribution is 2.35. The molecule has 0 aromatic heterocycles. The zero-order valence-electron chi connectivity index (χ0n) is 11.4. The summed E-state index contributed by atoms with van der Waals surface area (Å²) in [5.41, 5.74) is -0.609. The number of hydrogen-bond donors (Lipinski definition) is 1. The predicted octanol–water partition coefficient (Wildman–Crippen LogP) is 2.23. The maximum Gasteiger partial charge on any atom is 0.309 e. The van der Waals surface area contributed by atoms with Crippen LogP contribution in [0.15, 0.2) is 0 Å². The Morgan fingerprint density at radius 2 is 1.89 bits per heavy atom. The van der Waals surface area contributed by atoms with Gasteiger partial charge in [0.05, 0.1) is 11.2 Å². The van der Waals surface area contributed by atoms with E-state index in [1.807, 2.05) is 11.8 Å². The lowest BCUT2D eigenvalue weighted by atomic mass is 9.76. The standard InChI is InChI=1S/C13H23NO3S/c1-4-13(12(16)17)5-7-14(8-6-13)11(15)9-18-10(2)3/h10H,4-9H2,1-3H3,(H,16,17). The number of aliphatic carboxylic acids is 1. The van der Waals surface area contributed by atoms with Gasteiger partial charge in [0.25, 0.3) is 0 Å². The van der Waals surface area contributed by atoms with E-state index in [0.717, 1.165) is 0 Å². The van der Waals surface area contributed by atoms with Crippen LogP contribution in [0.5, 0.6) is 0 Å². The monoisotopic (exact) mass is 273 g/mol. The third-order valence-corrected chi connectivity index (χ3v) is 4.82. The maximum atomic E-state index is 11.9. The third-order valence-electron chi connectivity index (χ3n) is 3.74. The van der Waals surface area contributed by atoms with Gasteiger partial charge in [-0.1, -0.05) is 20.8 Å². The van der Waals surface area contributed by atoms with Gasteiger partial charge in [-0.25, -0.2) is 0 Å². The van der Waals surface area contributed by atoms with Crippen LogP contribution in [0.4, 0.5) is 0 Å². The smallest absolute Gasteiger partial charge is 0.309 e. The molecule has 1 aliphatic heterocycles. The first-order valence-electron chi connectivity index (χ1n) is 6.54. The lowest BCUT2D eigenvalue weighted by molar-refractivity contribution is -0.154. The van der Waals surface area contributed by atoms with Gasteiger partial charge in [0.2, 0.25) is 5.91 Å². The van der Waals surface area contributed by atoms with Gasteiger partial charge in [0.1, 0.15) is 0 Å². The van der Waals surface area contributed by atoms with Gasteiger partial charge in [0, 0.05) is 13.1 Å². The molecule has 104 valence electrons. The number of carboxylic acid groups (broad SMARTS) is 1. The molecule has 0 unspecified atom stereocenters. The van der Waals surface area contributed by atoms with Gasteiger partial charge >= 0.3 is 5.97 Å². The number of rotatable bonds is 5. The Morgan fingerprint density at radius 1 is 1.33 bits per heavy atom. The van der Waals surface area contributed by atoms with Crippen molar-refractivity contribution in [3.63, 3.8) is 0 Å². The van der Waals surface area contributed by atoms with Crippen molar-refractivity contribution in [1.29, 1.82) is 0 Å². The SMILES string of the molecule is CCC1(C(=O)O)CCN(C(=O)CSC(C)C)CC1. The van der Waals surface area contributed by atoms with Crippen LogP contribution in [0.3, 0.4) is 0 Å². The lowest BCUT2D eigenvalue weighted by Gasteiger charge is -2.38. The molecule has 0 saturated carbocycles. The maximum absolute atomic E-state index is 11.9. The van der Waals surface area contributed by atoms with Crippen LogP contribution in [-0.4, -0.2) is 46.0 Å². The van der Waals surface area contributed by atoms with Crippen molar-refractivity contribution in [3.8, 4) is 0 Å². The molecule has 0 aromatic rings. The number of nitrogens with zero attached hydrogens (tertiary/aromatic N) is 1. The number of carbonyl (C=O) groups excluding carboxylic acids is 1. The second-order valence-electron chi connectivity index (χ2n) is 5.18. The normalized spacial score (nSPS) is 19.0. The minimum absolute atomic E-state index is 0.142. The number of hydrogen-bond acceptors (Lipinski definition) is 3. The molecule has 1 heterocycles. The fourth-order valence-electron chi connectivity index (χ4n) is 2.23. The summed E-state index contributed by atoms with van der Waals surface area (Å²) < 4.78 is 0. The molecule has 1 saturated heterocycles. The predicted molar refractivity (Wildman–Crippen MR) is 73.8 cm³/mol. The Labute approximate surface area is 113 Å². The molecule has 1 rings (SSSR count). The lowest BCUT2D eigenvalue weighted by Crippen LogP contribution is -2.46. The zero-order chi connectivity index (χ0) is 13.8. The van der Waals surface area contributed by atoms with E-state index in [1.165, 1.54) is 0 Å². The van der Waals surface area contributed by atoms with E-state index in [1.54, 1.807) is 11.8 Å². The third kappa shape index (κ3) is 3.64. The van der Waals surface area contributed by atoms with Crippen LogP contribution in [0.1, 0.15) is 40.0 Å². The summed E-state index contributed by atoms with van der Waals surface area (Å²) in [5, 5.41) is 9.73. The molecule has 1 N–H and O–H groups in total. The Kier molecular flexibility index (Phi) is 5.50. The Hall–Kier alpha value is -0.710. The van der Waals surface area contributed by atoms with E-state index in [0.29, 0.717) is 43.4 Å². The minimum atomic E-state index is -0.714. The van der Waals surface area contributed by atoms with Crippen LogP contribution in [0.25, 0.3) is 0 Å². The van der Waals surface area contributed by atoms with Crippen LogP contribution in [0, 0.1) is 5.41 Å². The molecule has 4 nitrogen and oxygen atoms in total. The van der Waals surface area contributed by atoms with Gasteiger partial charge in [-0.15, -0.1) is 11.8 Å². The van der Waals surface area contributed by atoms with E-state index in [9.17, 15) is 14.7 Å². The number of likely N-dealkylation sites (tertiary alicyclic amines) is 1. The van der Waals surface area contributed by atoms with Crippen LogP contribution < -0.4 is 0 Å². The number of carboxylic acids is 1. The topological polar surface area (TPSA) is 57.6 Å². The molecule has 1 aliphatic rings. The van der Waals surface area contributed by atoms with Gasteiger partial charge < -0.3 is 10.0 Å². The molecule has 5 heteroatoms. The molecule has 0 aromatic carbocycles. The van der Waals surface area contributed by atoms with E-state index < -0.39 is 11.4 Å². The molecule has 0 atom stereocenters. The van der Waals surface area contributed by atoms with Crippen LogP contribution >= 0.6 is 11.8 Å². The summed E-state index contributed by atoms with van der Waals surface area (Å²) in [5.74, 6) is -0.0680. The quantitative estimate of drug-likeness (QED) is 0.834. The summed E-state index contributed by atoms with van der Waals surface area (Å²) in [6.45, 7) is 7.22. The van der Waals surface area contributed by atoms with Crippen molar-refractivity contribution < 1.29 is 14.7 Å². The minimum Gasteiger partial charge on any atom is -0.481 e. The van der Waals surface area contributed by atoms with Crippen LogP contribution in [0.2, 0.25) is 0 Å². The number of piperidine rings is 1. The van der Waals surface area contributed by atoms with Crippen LogP contribution in [-0.2, 0) is 9.59 Å². The molecular weight excluding hydrogens is 250 g/mol. The second kappa shape index (κ2) is 6.45. The Balaban J connectivity index is 2.48. The van der Waals surface area contributed by atoms with Crippen molar-refractivity contribution >= 4 is 23.6 Å². The number of amides is 1. The van der Waals surface area contributed by atoms with Crippen molar-refractivity contribution in [2.75, 3.05) is 18.8 Å². The average molecular weight is 273 g/mol. The van der Waals surface area contributed by atoms with Crippen molar-refractivity contribution in [2.45, 2.75) is 45.3 Å². The summed E-state index contributed by atoms with van der Waals surface area (Å²) >= 11 is 1.64. The summed E-state index contributed by atoms with van der Waals surface area (Å²) in [6.07, 6.45) is 1.80. The van der Waals surface area contributed by atoms with Gasteiger partial charge in [0.15, 0.2) is 0 Å². The fourth-order valence-corrected chi connectivity index (χ4v) is 2.89. The number of carbonyl (C=O) groups is 2. The van der Waals surface area contributed by atoms with E-state index in [4.69, 9.17) is 0 Å². The van der Waals surface area contributed by atoms with Gasteiger partial charge in [-0.05, 0) is 24.5 Å². The molecule has 18 heavy (non-hydrogen) atoms. The second-order valence-corrected chi connectivity index (χ2v) is 6.74. The van der Waals surface area contributed by atoms with Gasteiger partial charge in [-0.2, -0.15) is 0 Å². The average Bonchev–Trinajstić information content (AvgIpc) is 2.35. The van der Waals surface area contributed by atoms with Crippen molar-refractivity contribution in [2.24, 2.45) is 5.41 Å². The fraction of sp³-hybridized carbons (Fsp3) is 0.846. The molecular formula is C13H23NO3S. The molecule has 1 amide bonds. The Bertz CT molecular complexity index is 309. The summed E-state index contributed by atoms with van der Waals surface area (Å²) in [7, 11) is 0. The van der Waals surface area contributed by atoms with Gasteiger partial charge in [-0.3, -0.25) is 9.59 Å². The zero-order valence-corrected chi connectivity index (χ0v) is 12.3. The molecule has 0 spiro atoms. The first-order chi connectivity index (χ1) is 8.41. The largest absolute Gasteiger partial charge is 0.481 e. The summed E-state index contributed by atoms with van der Waals surface area (Å²) in [6, 6.07) is 0. The first-order valence-corrected chi connectivity index (χ1v) is 7.59. The Morgan fingerprint density at radius 3 is 2.28 bits per heavy atom. The molecule has 0 bridgehead atoms. The van der Waals surface area contributed by atoms with E-state index in [2.05, 4.69) is 13.8 Å². The molecule has 1 fully saturated rings. The van der Waals surface area contributed by atoms with Crippen molar-refractivity contribution in [1.82, 2.24) is 4.90 Å². The highest BCUT2D eigenvalue weighted by molar-refractivity contribution is 8.00. The summed E-state index contributed by atoms with van der Waals surface area (Å²) in [4.78, 5) is 25.0. The van der Waals surface area contributed by atoms with Crippen molar-refractivity contribution in [3.05, 3.63) is 0 Å². The molecule has 0 radical (unpaired) electrons.